The number of carbonyl (C=O) groups is 1. The molecule has 0 radical (unpaired) electrons. The zero-order valence-corrected chi connectivity index (χ0v) is 16.6. The highest BCUT2D eigenvalue weighted by atomic mass is 32.1. The minimum absolute atomic E-state index is 0.271. The third-order valence-corrected chi connectivity index (χ3v) is 7.87. The van der Waals surface area contributed by atoms with Crippen LogP contribution >= 0.6 is 22.7 Å². The smallest absolute Gasteiger partial charge is 0.234 e. The third kappa shape index (κ3) is 3.48. The second-order valence-electron chi connectivity index (χ2n) is 7.39. The van der Waals surface area contributed by atoms with Crippen molar-refractivity contribution in [3.05, 3.63) is 44.8 Å². The normalized spacial score (nSPS) is 21.8. The SMILES string of the molecule is O=C(N1CCN(C[C@H](O)c2cccs2)CC1)C1(c2cccs2)CCCC1. The molecule has 6 heteroatoms. The number of nitrogens with zero attached hydrogens (tertiary/aromatic N) is 2. The van der Waals surface area contributed by atoms with Gasteiger partial charge in [-0.25, -0.2) is 0 Å². The fourth-order valence-electron chi connectivity index (χ4n) is 4.35. The van der Waals surface area contributed by atoms with Crippen LogP contribution in [-0.2, 0) is 10.2 Å². The highest BCUT2D eigenvalue weighted by molar-refractivity contribution is 7.10. The molecule has 2 aromatic heterocycles. The summed E-state index contributed by atoms with van der Waals surface area (Å²) in [5.74, 6) is 0.330. The number of rotatable bonds is 5. The van der Waals surface area contributed by atoms with Crippen molar-refractivity contribution in [3.8, 4) is 0 Å². The molecule has 3 heterocycles. The van der Waals surface area contributed by atoms with Crippen LogP contribution in [-0.4, -0.2) is 53.5 Å². The predicted octanol–water partition coefficient (Wildman–Crippen LogP) is 3.50. The molecule has 1 N–H and O–H groups in total. The first-order valence-corrected chi connectivity index (χ1v) is 11.2. The molecule has 0 bridgehead atoms. The molecule has 2 aliphatic rings. The average Bonchev–Trinajstić information content (AvgIpc) is 3.44. The van der Waals surface area contributed by atoms with Gasteiger partial charge >= 0.3 is 0 Å². The molecule has 0 unspecified atom stereocenters. The monoisotopic (exact) mass is 390 g/mol. The van der Waals surface area contributed by atoms with Crippen LogP contribution in [0.5, 0.6) is 0 Å². The molecule has 1 amide bonds. The zero-order valence-electron chi connectivity index (χ0n) is 15.0. The molecule has 0 aromatic carbocycles. The Labute approximate surface area is 163 Å². The lowest BCUT2D eigenvalue weighted by atomic mass is 9.82. The maximum absolute atomic E-state index is 13.4. The van der Waals surface area contributed by atoms with Crippen molar-refractivity contribution < 1.29 is 9.90 Å². The maximum Gasteiger partial charge on any atom is 0.234 e. The lowest BCUT2D eigenvalue weighted by Gasteiger charge is -2.40. The van der Waals surface area contributed by atoms with E-state index in [1.807, 2.05) is 17.5 Å². The van der Waals surface area contributed by atoms with Crippen molar-refractivity contribution in [2.24, 2.45) is 0 Å². The van der Waals surface area contributed by atoms with E-state index in [-0.39, 0.29) is 5.41 Å². The number of hydrogen-bond acceptors (Lipinski definition) is 5. The Kier molecular flexibility index (Phi) is 5.45. The molecule has 0 spiro atoms. The number of hydrogen-bond donors (Lipinski definition) is 1. The summed E-state index contributed by atoms with van der Waals surface area (Å²) < 4.78 is 0. The van der Waals surface area contributed by atoms with Gasteiger partial charge in [0.1, 0.15) is 6.10 Å². The van der Waals surface area contributed by atoms with Gasteiger partial charge in [-0.1, -0.05) is 25.0 Å². The minimum Gasteiger partial charge on any atom is -0.386 e. The molecule has 4 rings (SSSR count). The molecule has 1 saturated carbocycles. The number of aliphatic hydroxyl groups excluding tert-OH is 1. The molecule has 1 saturated heterocycles. The standard InChI is InChI=1S/C20H26N2O2S2/c23-16(17-5-3-13-25-17)15-21-9-11-22(12-10-21)19(24)20(7-1-2-8-20)18-6-4-14-26-18/h3-6,13-14,16,23H,1-2,7-12,15H2/t16-/m0/s1. The van der Waals surface area contributed by atoms with Gasteiger partial charge in [0.2, 0.25) is 5.91 Å². The van der Waals surface area contributed by atoms with Crippen molar-refractivity contribution in [1.82, 2.24) is 9.80 Å². The number of piperazine rings is 1. The Morgan fingerprint density at radius 1 is 1.08 bits per heavy atom. The van der Waals surface area contributed by atoms with E-state index in [9.17, 15) is 9.90 Å². The Morgan fingerprint density at radius 3 is 2.38 bits per heavy atom. The van der Waals surface area contributed by atoms with Gasteiger partial charge < -0.3 is 10.0 Å². The minimum atomic E-state index is -0.426. The topological polar surface area (TPSA) is 43.8 Å². The van der Waals surface area contributed by atoms with Crippen LogP contribution in [0.1, 0.15) is 41.5 Å². The second-order valence-corrected chi connectivity index (χ2v) is 9.32. The lowest BCUT2D eigenvalue weighted by molar-refractivity contribution is -0.139. The quantitative estimate of drug-likeness (QED) is 0.850. The summed E-state index contributed by atoms with van der Waals surface area (Å²) in [4.78, 5) is 20.0. The van der Waals surface area contributed by atoms with Gasteiger partial charge in [-0.2, -0.15) is 0 Å². The Bertz CT molecular complexity index is 700. The van der Waals surface area contributed by atoms with E-state index in [1.165, 1.54) is 4.88 Å². The fraction of sp³-hybridized carbons (Fsp3) is 0.550. The zero-order chi connectivity index (χ0) is 18.0. The van der Waals surface area contributed by atoms with Crippen molar-refractivity contribution >= 4 is 28.6 Å². The summed E-state index contributed by atoms with van der Waals surface area (Å²) in [6.07, 6.45) is 3.85. The molecular weight excluding hydrogens is 364 g/mol. The molecule has 1 aliphatic carbocycles. The van der Waals surface area contributed by atoms with Crippen LogP contribution in [0.3, 0.4) is 0 Å². The summed E-state index contributed by atoms with van der Waals surface area (Å²) in [6, 6.07) is 8.17. The van der Waals surface area contributed by atoms with Gasteiger partial charge in [0.05, 0.1) is 5.41 Å². The number of carbonyl (C=O) groups excluding carboxylic acids is 1. The second kappa shape index (κ2) is 7.80. The molecule has 2 aromatic rings. The molecule has 140 valence electrons. The van der Waals surface area contributed by atoms with Crippen molar-refractivity contribution in [2.45, 2.75) is 37.2 Å². The predicted molar refractivity (Wildman–Crippen MR) is 107 cm³/mol. The number of amides is 1. The van der Waals surface area contributed by atoms with E-state index in [2.05, 4.69) is 27.3 Å². The first-order chi connectivity index (χ1) is 12.7. The van der Waals surface area contributed by atoms with Crippen molar-refractivity contribution in [3.63, 3.8) is 0 Å². The van der Waals surface area contributed by atoms with Crippen molar-refractivity contribution in [2.75, 3.05) is 32.7 Å². The number of thiophene rings is 2. The first kappa shape index (κ1) is 18.2. The summed E-state index contributed by atoms with van der Waals surface area (Å²) in [6.45, 7) is 3.87. The Balaban J connectivity index is 1.37. The number of β-amino-alcohol motifs (C(OH)–C–C–N with tert-alkyl or cyclic N) is 1. The fourth-order valence-corrected chi connectivity index (χ4v) is 6.03. The summed E-state index contributed by atoms with van der Waals surface area (Å²) in [5.41, 5.74) is -0.271. The average molecular weight is 391 g/mol. The van der Waals surface area contributed by atoms with Gasteiger partial charge in [0.15, 0.2) is 0 Å². The van der Waals surface area contributed by atoms with E-state index < -0.39 is 6.10 Å². The van der Waals surface area contributed by atoms with Crippen molar-refractivity contribution in [1.29, 1.82) is 0 Å². The summed E-state index contributed by atoms with van der Waals surface area (Å²) >= 11 is 3.33. The molecule has 2 fully saturated rings. The summed E-state index contributed by atoms with van der Waals surface area (Å²) in [5, 5.41) is 14.5. The highest BCUT2D eigenvalue weighted by Crippen LogP contribution is 2.44. The highest BCUT2D eigenvalue weighted by Gasteiger charge is 2.46. The first-order valence-electron chi connectivity index (χ1n) is 9.46. The van der Waals surface area contributed by atoms with E-state index >= 15 is 0 Å². The molecular formula is C20H26N2O2S2. The van der Waals surface area contributed by atoms with Crippen LogP contribution in [0.15, 0.2) is 35.0 Å². The van der Waals surface area contributed by atoms with Gasteiger partial charge in [-0.3, -0.25) is 9.69 Å². The Hall–Kier alpha value is -1.21. The largest absolute Gasteiger partial charge is 0.386 e. The van der Waals surface area contributed by atoms with Gasteiger partial charge in [0.25, 0.3) is 0 Å². The van der Waals surface area contributed by atoms with E-state index in [4.69, 9.17) is 0 Å². The lowest BCUT2D eigenvalue weighted by Crippen LogP contribution is -2.54. The maximum atomic E-state index is 13.4. The molecule has 1 atom stereocenters. The third-order valence-electron chi connectivity index (χ3n) is 5.82. The summed E-state index contributed by atoms with van der Waals surface area (Å²) in [7, 11) is 0. The van der Waals surface area contributed by atoms with Crippen LogP contribution in [0.2, 0.25) is 0 Å². The van der Waals surface area contributed by atoms with Gasteiger partial charge in [-0.05, 0) is 35.7 Å². The van der Waals surface area contributed by atoms with Gasteiger partial charge in [0, 0.05) is 42.5 Å². The Morgan fingerprint density at radius 2 is 1.77 bits per heavy atom. The van der Waals surface area contributed by atoms with Crippen LogP contribution in [0.4, 0.5) is 0 Å². The molecule has 4 nitrogen and oxygen atoms in total. The van der Waals surface area contributed by atoms with Crippen LogP contribution < -0.4 is 0 Å². The van der Waals surface area contributed by atoms with Gasteiger partial charge in [-0.15, -0.1) is 22.7 Å². The van der Waals surface area contributed by atoms with E-state index in [1.54, 1.807) is 22.7 Å². The van der Waals surface area contributed by atoms with E-state index in [0.717, 1.165) is 56.7 Å². The molecule has 1 aliphatic heterocycles. The van der Waals surface area contributed by atoms with E-state index in [0.29, 0.717) is 12.5 Å². The van der Waals surface area contributed by atoms with Crippen LogP contribution in [0.25, 0.3) is 0 Å². The van der Waals surface area contributed by atoms with Crippen LogP contribution in [0, 0.1) is 0 Å². The number of aliphatic hydroxyl groups is 1. The molecule has 26 heavy (non-hydrogen) atoms.